The molecule has 0 aliphatic carbocycles. The molecule has 3 heteroatoms. The molecule has 9 heavy (non-hydrogen) atoms. The van der Waals surface area contributed by atoms with Gasteiger partial charge in [0.1, 0.15) is 5.60 Å². The Bertz CT molecular complexity index is 107. The van der Waals surface area contributed by atoms with Crippen molar-refractivity contribution >= 4 is 5.97 Å². The van der Waals surface area contributed by atoms with Crippen LogP contribution in [0.15, 0.2) is 0 Å². The molecule has 0 saturated heterocycles. The standard InChI is InChI=1S/C6H12O3/c1-5(8)9-6(2,3)4-7/h7H,4H2,1-3H3. The van der Waals surface area contributed by atoms with Gasteiger partial charge in [-0.2, -0.15) is 0 Å². The second kappa shape index (κ2) is 2.82. The van der Waals surface area contributed by atoms with Gasteiger partial charge in [-0.1, -0.05) is 0 Å². The highest BCUT2D eigenvalue weighted by Crippen LogP contribution is 2.06. The van der Waals surface area contributed by atoms with E-state index < -0.39 is 5.60 Å². The monoisotopic (exact) mass is 132 g/mol. The summed E-state index contributed by atoms with van der Waals surface area (Å²) in [6.07, 6.45) is 0. The van der Waals surface area contributed by atoms with E-state index in [1.54, 1.807) is 13.8 Å². The minimum atomic E-state index is -0.730. The molecule has 1 N–H and O–H groups in total. The lowest BCUT2D eigenvalue weighted by atomic mass is 10.1. The molecule has 0 rings (SSSR count). The Hall–Kier alpha value is -0.570. The quantitative estimate of drug-likeness (QED) is 0.550. The summed E-state index contributed by atoms with van der Waals surface area (Å²) in [5.41, 5.74) is -0.730. The van der Waals surface area contributed by atoms with Gasteiger partial charge in [-0.15, -0.1) is 0 Å². The lowest BCUT2D eigenvalue weighted by Crippen LogP contribution is -2.30. The third-order valence-corrected chi connectivity index (χ3v) is 0.801. The molecule has 0 fully saturated rings. The fraction of sp³-hybridized carbons (Fsp3) is 0.833. The van der Waals surface area contributed by atoms with E-state index in [4.69, 9.17) is 9.84 Å². The van der Waals surface area contributed by atoms with E-state index >= 15 is 0 Å². The Balaban J connectivity index is 3.71. The number of rotatable bonds is 2. The molecule has 0 radical (unpaired) electrons. The van der Waals surface area contributed by atoms with Crippen LogP contribution in [0.5, 0.6) is 0 Å². The molecule has 0 atom stereocenters. The van der Waals surface area contributed by atoms with Crippen LogP contribution in [0.1, 0.15) is 20.8 Å². The third-order valence-electron chi connectivity index (χ3n) is 0.801. The fourth-order valence-corrected chi connectivity index (χ4v) is 0.421. The number of aliphatic hydroxyl groups excluding tert-OH is 1. The van der Waals surface area contributed by atoms with Crippen molar-refractivity contribution in [3.8, 4) is 0 Å². The number of carbonyl (C=O) groups is 1. The van der Waals surface area contributed by atoms with Gasteiger partial charge >= 0.3 is 5.97 Å². The molecule has 54 valence electrons. The van der Waals surface area contributed by atoms with Crippen LogP contribution in [0, 0.1) is 0 Å². The summed E-state index contributed by atoms with van der Waals surface area (Å²) in [6, 6.07) is 0. The maximum Gasteiger partial charge on any atom is 0.303 e. The molecule has 0 aliphatic rings. The van der Waals surface area contributed by atoms with Crippen molar-refractivity contribution in [1.29, 1.82) is 0 Å². The highest BCUT2D eigenvalue weighted by atomic mass is 16.6. The van der Waals surface area contributed by atoms with Crippen molar-refractivity contribution in [3.05, 3.63) is 0 Å². The molecule has 0 aliphatic heterocycles. The van der Waals surface area contributed by atoms with Crippen LogP contribution in [0.25, 0.3) is 0 Å². The molecule has 0 bridgehead atoms. The zero-order valence-electron chi connectivity index (χ0n) is 5.97. The van der Waals surface area contributed by atoms with E-state index in [1.807, 2.05) is 0 Å². The van der Waals surface area contributed by atoms with Crippen LogP contribution in [0.4, 0.5) is 0 Å². The van der Waals surface area contributed by atoms with Gasteiger partial charge in [0, 0.05) is 6.92 Å². The van der Waals surface area contributed by atoms with Gasteiger partial charge in [-0.05, 0) is 13.8 Å². The van der Waals surface area contributed by atoms with Crippen molar-refractivity contribution in [2.45, 2.75) is 26.4 Å². The molecular formula is C6H12O3. The first-order valence-electron chi connectivity index (χ1n) is 2.78. The predicted octanol–water partition coefficient (Wildman–Crippen LogP) is 0.320. The normalized spacial score (nSPS) is 11.1. The molecule has 0 spiro atoms. The summed E-state index contributed by atoms with van der Waals surface area (Å²) in [6.45, 7) is 4.47. The lowest BCUT2D eigenvalue weighted by molar-refractivity contribution is -0.157. The van der Waals surface area contributed by atoms with Crippen molar-refractivity contribution in [2.75, 3.05) is 6.61 Å². The summed E-state index contributed by atoms with van der Waals surface area (Å²) >= 11 is 0. The first-order chi connectivity index (χ1) is 3.98. The number of ether oxygens (including phenoxy) is 1. The number of hydrogen-bond acceptors (Lipinski definition) is 3. The van der Waals surface area contributed by atoms with Gasteiger partial charge in [0.05, 0.1) is 6.61 Å². The Morgan fingerprint density at radius 2 is 2.11 bits per heavy atom. The molecule has 3 nitrogen and oxygen atoms in total. The van der Waals surface area contributed by atoms with Crippen LogP contribution >= 0.6 is 0 Å². The molecule has 0 saturated carbocycles. The SMILES string of the molecule is CC(=O)OC(C)(C)CO. The highest BCUT2D eigenvalue weighted by molar-refractivity contribution is 5.66. The molecule has 0 heterocycles. The zero-order valence-corrected chi connectivity index (χ0v) is 5.97. The van der Waals surface area contributed by atoms with Crippen molar-refractivity contribution in [2.24, 2.45) is 0 Å². The largest absolute Gasteiger partial charge is 0.457 e. The first kappa shape index (κ1) is 8.43. The van der Waals surface area contributed by atoms with Gasteiger partial charge in [0.15, 0.2) is 0 Å². The topological polar surface area (TPSA) is 46.5 Å². The second-order valence-corrected chi connectivity index (χ2v) is 2.51. The van der Waals surface area contributed by atoms with E-state index in [0.717, 1.165) is 0 Å². The Labute approximate surface area is 54.6 Å². The fourth-order valence-electron chi connectivity index (χ4n) is 0.421. The minimum Gasteiger partial charge on any atom is -0.457 e. The maximum absolute atomic E-state index is 10.3. The number of esters is 1. The van der Waals surface area contributed by atoms with Crippen molar-refractivity contribution in [1.82, 2.24) is 0 Å². The number of hydrogen-bond donors (Lipinski definition) is 1. The van der Waals surface area contributed by atoms with E-state index in [9.17, 15) is 4.79 Å². The summed E-state index contributed by atoms with van der Waals surface area (Å²) in [5.74, 6) is -0.367. The average molecular weight is 132 g/mol. The van der Waals surface area contributed by atoms with Crippen LogP contribution in [-0.2, 0) is 9.53 Å². The Kier molecular flexibility index (Phi) is 2.65. The number of carbonyl (C=O) groups excluding carboxylic acids is 1. The number of aliphatic hydroxyl groups is 1. The molecule has 0 aromatic heterocycles. The first-order valence-corrected chi connectivity index (χ1v) is 2.78. The van der Waals surface area contributed by atoms with Crippen molar-refractivity contribution < 1.29 is 14.6 Å². The Morgan fingerprint density at radius 3 is 2.22 bits per heavy atom. The summed E-state index contributed by atoms with van der Waals surface area (Å²) in [4.78, 5) is 10.3. The predicted molar refractivity (Wildman–Crippen MR) is 32.9 cm³/mol. The van der Waals surface area contributed by atoms with E-state index in [1.165, 1.54) is 6.92 Å². The van der Waals surface area contributed by atoms with E-state index in [-0.39, 0.29) is 12.6 Å². The molecular weight excluding hydrogens is 120 g/mol. The van der Waals surface area contributed by atoms with Gasteiger partial charge in [-0.25, -0.2) is 0 Å². The van der Waals surface area contributed by atoms with Gasteiger partial charge in [0.25, 0.3) is 0 Å². The molecule has 0 aromatic carbocycles. The smallest absolute Gasteiger partial charge is 0.303 e. The summed E-state index contributed by atoms with van der Waals surface area (Å²) in [7, 11) is 0. The van der Waals surface area contributed by atoms with Crippen LogP contribution in [0.3, 0.4) is 0 Å². The molecule has 0 amide bonds. The zero-order chi connectivity index (χ0) is 7.49. The van der Waals surface area contributed by atoms with E-state index in [0.29, 0.717) is 0 Å². The van der Waals surface area contributed by atoms with Gasteiger partial charge in [0.2, 0.25) is 0 Å². The third kappa shape index (κ3) is 3.97. The van der Waals surface area contributed by atoms with Crippen molar-refractivity contribution in [3.63, 3.8) is 0 Å². The Morgan fingerprint density at radius 1 is 1.67 bits per heavy atom. The van der Waals surface area contributed by atoms with Crippen LogP contribution in [0.2, 0.25) is 0 Å². The molecule has 0 unspecified atom stereocenters. The average Bonchev–Trinajstić information content (AvgIpc) is 1.63. The van der Waals surface area contributed by atoms with Crippen LogP contribution < -0.4 is 0 Å². The molecule has 0 aromatic rings. The van der Waals surface area contributed by atoms with Gasteiger partial charge < -0.3 is 9.84 Å². The van der Waals surface area contributed by atoms with E-state index in [2.05, 4.69) is 0 Å². The summed E-state index contributed by atoms with van der Waals surface area (Å²) in [5, 5.41) is 8.57. The second-order valence-electron chi connectivity index (χ2n) is 2.51. The lowest BCUT2D eigenvalue weighted by Gasteiger charge is -2.20. The van der Waals surface area contributed by atoms with Gasteiger partial charge in [-0.3, -0.25) is 4.79 Å². The minimum absolute atomic E-state index is 0.146. The van der Waals surface area contributed by atoms with Crippen LogP contribution in [-0.4, -0.2) is 23.3 Å². The summed E-state index contributed by atoms with van der Waals surface area (Å²) < 4.78 is 4.70. The highest BCUT2D eigenvalue weighted by Gasteiger charge is 2.18. The maximum atomic E-state index is 10.3.